The Kier molecular flexibility index (Phi) is 28.5. The van der Waals surface area contributed by atoms with Crippen LogP contribution in [0.1, 0.15) is 142 Å². The third-order valence-electron chi connectivity index (χ3n) is 10.5. The maximum absolute atomic E-state index is 10.6. The third-order valence-corrected chi connectivity index (χ3v) is 10.5. The number of aliphatic hydroxyl groups is 1. The van der Waals surface area contributed by atoms with Crippen LogP contribution >= 0.6 is 0 Å². The largest absolute Gasteiger partial charge is 0.394 e. The Morgan fingerprint density at radius 1 is 0.361 bits per heavy atom. The number of hydrogen-bond donors (Lipinski definition) is 1. The van der Waals surface area contributed by atoms with E-state index in [0.717, 1.165) is 25.7 Å². The highest BCUT2D eigenvalue weighted by atomic mass is 16.9. The summed E-state index contributed by atoms with van der Waals surface area (Å²) in [6, 6.07) is 0. The first-order chi connectivity index (χ1) is 29.5. The van der Waals surface area contributed by atoms with Crippen molar-refractivity contribution in [2.75, 3.05) is 106 Å². The maximum Gasteiger partial charge on any atom is 0.291 e. The summed E-state index contributed by atoms with van der Waals surface area (Å²) in [4.78, 5) is 0. The highest BCUT2D eigenvalue weighted by molar-refractivity contribution is 5.33. The summed E-state index contributed by atoms with van der Waals surface area (Å²) in [5.74, 6) is -12.2. The van der Waals surface area contributed by atoms with Crippen molar-refractivity contribution >= 4 is 0 Å². The van der Waals surface area contributed by atoms with E-state index in [9.17, 15) is 5.11 Å². The van der Waals surface area contributed by atoms with Gasteiger partial charge in [-0.2, -0.15) is 0 Å². The average molecular weight is 887 g/mol. The van der Waals surface area contributed by atoms with Gasteiger partial charge in [0.2, 0.25) is 5.60 Å². The Balaban J connectivity index is 4.54. The number of ether oxygens (including phenoxy) is 15. The molecule has 0 spiro atoms. The van der Waals surface area contributed by atoms with Crippen LogP contribution in [0.3, 0.4) is 0 Å². The summed E-state index contributed by atoms with van der Waals surface area (Å²) >= 11 is 0. The molecule has 0 aromatic heterocycles. The molecule has 61 heavy (non-hydrogen) atoms. The Morgan fingerprint density at radius 2 is 0.689 bits per heavy atom. The van der Waals surface area contributed by atoms with E-state index in [4.69, 9.17) is 71.1 Å². The van der Waals surface area contributed by atoms with Gasteiger partial charge in [0.25, 0.3) is 34.9 Å². The first-order valence-corrected chi connectivity index (χ1v) is 23.7. The predicted octanol–water partition coefficient (Wildman–Crippen LogP) is 7.49. The molecule has 0 radical (unpaired) electrons. The van der Waals surface area contributed by atoms with E-state index >= 15 is 0 Å². The Labute approximate surface area is 369 Å². The molecule has 0 aromatic carbocycles. The fourth-order valence-electron chi connectivity index (χ4n) is 9.27. The number of aliphatic hydroxyl groups excluding tert-OH is 1. The van der Waals surface area contributed by atoms with Crippen molar-refractivity contribution in [2.24, 2.45) is 0 Å². The first kappa shape index (κ1) is 58.4. The molecule has 0 bridgehead atoms. The number of hydrogen-bond acceptors (Lipinski definition) is 16. The van der Waals surface area contributed by atoms with Gasteiger partial charge in [-0.15, -0.1) is 0 Å². The van der Waals surface area contributed by atoms with E-state index in [2.05, 4.69) is 0 Å². The minimum Gasteiger partial charge on any atom is -0.394 e. The zero-order valence-electron chi connectivity index (χ0n) is 40.9. The van der Waals surface area contributed by atoms with Crippen LogP contribution in [0.25, 0.3) is 0 Å². The molecule has 1 N–H and O–H groups in total. The highest BCUT2D eigenvalue weighted by Crippen LogP contribution is 2.69. The van der Waals surface area contributed by atoms with Crippen LogP contribution in [0.15, 0.2) is 0 Å². The SMILES string of the molecule is CCOC(CCCCCCCC(OCC)(OCC)OCC)C1(OCC)C(OCC)(OCC)C(OCC)(OCC)C(OCC)(OCC)C(OCC)(OCC)C1(OCC)OCCO. The molecule has 16 heteroatoms. The molecule has 0 saturated heterocycles. The lowest BCUT2D eigenvalue weighted by Crippen LogP contribution is -3.01. The van der Waals surface area contributed by atoms with Crippen molar-refractivity contribution in [3.63, 3.8) is 0 Å². The van der Waals surface area contributed by atoms with Crippen LogP contribution in [0.4, 0.5) is 0 Å². The molecular formula is C45H90O16. The third kappa shape index (κ3) is 11.5. The van der Waals surface area contributed by atoms with Gasteiger partial charge in [0, 0.05) is 98.9 Å². The zero-order chi connectivity index (χ0) is 45.9. The molecule has 3 unspecified atom stereocenters. The van der Waals surface area contributed by atoms with Gasteiger partial charge >= 0.3 is 0 Å². The molecule has 16 nitrogen and oxygen atoms in total. The number of unbranched alkanes of at least 4 members (excludes halogenated alkanes) is 4. The van der Waals surface area contributed by atoms with Crippen LogP contribution in [0.2, 0.25) is 0 Å². The normalized spacial score (nSPS) is 22.5. The van der Waals surface area contributed by atoms with E-state index in [1.165, 1.54) is 0 Å². The molecule has 1 rings (SSSR count). The minimum absolute atomic E-state index is 0.0344. The second kappa shape index (κ2) is 29.8. The van der Waals surface area contributed by atoms with Crippen molar-refractivity contribution in [1.82, 2.24) is 0 Å². The van der Waals surface area contributed by atoms with Crippen molar-refractivity contribution < 1.29 is 76.2 Å². The smallest absolute Gasteiger partial charge is 0.291 e. The van der Waals surface area contributed by atoms with E-state index in [-0.39, 0.29) is 79.3 Å². The highest BCUT2D eigenvalue weighted by Gasteiger charge is 2.99. The quantitative estimate of drug-likeness (QED) is 0.0476. The van der Waals surface area contributed by atoms with Gasteiger partial charge in [0.1, 0.15) is 0 Å². The molecule has 1 aliphatic carbocycles. The van der Waals surface area contributed by atoms with E-state index in [1.807, 2.05) is 96.9 Å². The molecule has 366 valence electrons. The standard InChI is InChI=1S/C45H90O16/c1-15-47-38(34-32-30-29-31-33-35-39(48-16-2,49-17-3)50-18-4)40(51-19-5)41(52-20-6,53-21-7)43(55-23-9,56-24-10)45(59-27-13,60-28-14)44(57-25-11,58-26-12)42(40,54-22-8)61-37-36-46/h38,46H,15-37H2,1-14H3. The van der Waals surface area contributed by atoms with Crippen LogP contribution < -0.4 is 0 Å². The van der Waals surface area contributed by atoms with Gasteiger partial charge in [0.05, 0.1) is 19.3 Å². The second-order valence-corrected chi connectivity index (χ2v) is 14.0. The summed E-state index contributed by atoms with van der Waals surface area (Å²) in [5, 5.41) is 10.6. The topological polar surface area (TPSA) is 159 Å². The Bertz CT molecular complexity index is 1060. The summed E-state index contributed by atoms with van der Waals surface area (Å²) in [5.41, 5.74) is -2.06. The van der Waals surface area contributed by atoms with Crippen LogP contribution in [0, 0.1) is 0 Å². The predicted molar refractivity (Wildman–Crippen MR) is 231 cm³/mol. The maximum atomic E-state index is 10.6. The van der Waals surface area contributed by atoms with Gasteiger partial charge < -0.3 is 76.2 Å². The molecule has 1 fully saturated rings. The summed E-state index contributed by atoms with van der Waals surface area (Å²) in [7, 11) is 0. The van der Waals surface area contributed by atoms with Crippen molar-refractivity contribution in [3.8, 4) is 0 Å². The van der Waals surface area contributed by atoms with Crippen molar-refractivity contribution in [1.29, 1.82) is 0 Å². The summed E-state index contributed by atoms with van der Waals surface area (Å²) in [6.07, 6.45) is 4.22. The fraction of sp³-hybridized carbons (Fsp3) is 1.00. The fourth-order valence-corrected chi connectivity index (χ4v) is 9.27. The van der Waals surface area contributed by atoms with E-state index in [0.29, 0.717) is 39.1 Å². The van der Waals surface area contributed by atoms with Crippen molar-refractivity contribution in [2.45, 2.75) is 188 Å². The first-order valence-electron chi connectivity index (χ1n) is 23.7. The molecule has 3 atom stereocenters. The van der Waals surface area contributed by atoms with Gasteiger partial charge in [-0.25, -0.2) is 0 Å². The lowest BCUT2D eigenvalue weighted by atomic mass is 9.59. The lowest BCUT2D eigenvalue weighted by molar-refractivity contribution is -0.647. The van der Waals surface area contributed by atoms with E-state index < -0.39 is 53.2 Å². The Hall–Kier alpha value is -0.640. The van der Waals surface area contributed by atoms with Gasteiger partial charge in [-0.05, 0) is 110 Å². The number of rotatable bonds is 40. The summed E-state index contributed by atoms with van der Waals surface area (Å²) in [6.45, 7) is 27.7. The minimum atomic E-state index is -2.27. The van der Waals surface area contributed by atoms with E-state index in [1.54, 1.807) is 0 Å². The molecule has 1 saturated carbocycles. The zero-order valence-corrected chi connectivity index (χ0v) is 40.9. The molecular weight excluding hydrogens is 796 g/mol. The summed E-state index contributed by atoms with van der Waals surface area (Å²) < 4.78 is 103. The molecule has 0 aromatic rings. The van der Waals surface area contributed by atoms with Gasteiger partial charge in [-0.3, -0.25) is 0 Å². The van der Waals surface area contributed by atoms with Gasteiger partial charge in [0.15, 0.2) is 0 Å². The average Bonchev–Trinajstić information content (AvgIpc) is 3.23. The van der Waals surface area contributed by atoms with Crippen LogP contribution in [-0.2, 0) is 71.1 Å². The molecule has 0 amide bonds. The second-order valence-electron chi connectivity index (χ2n) is 14.0. The molecule has 1 aliphatic rings. The lowest BCUT2D eigenvalue weighted by Gasteiger charge is -2.74. The monoisotopic (exact) mass is 887 g/mol. The molecule has 0 aliphatic heterocycles. The van der Waals surface area contributed by atoms with Crippen LogP contribution in [0.5, 0.6) is 0 Å². The molecule has 0 heterocycles. The van der Waals surface area contributed by atoms with Gasteiger partial charge in [-0.1, -0.05) is 25.7 Å². The van der Waals surface area contributed by atoms with Crippen LogP contribution in [-0.4, -0.2) is 157 Å². The Morgan fingerprint density at radius 3 is 1.03 bits per heavy atom. The van der Waals surface area contributed by atoms with Crippen molar-refractivity contribution in [3.05, 3.63) is 0 Å².